The van der Waals surface area contributed by atoms with E-state index in [-0.39, 0.29) is 23.8 Å². The Kier molecular flexibility index (Phi) is 3.66. The SMILES string of the molecule is CC(C)C1NC(=O)C(C2CC2)N(Cc2ccncc2)C1=O. The monoisotopic (exact) mass is 287 g/mol. The van der Waals surface area contributed by atoms with Crippen molar-refractivity contribution in [2.75, 3.05) is 0 Å². The van der Waals surface area contributed by atoms with E-state index in [2.05, 4.69) is 10.3 Å². The third-order valence-corrected chi connectivity index (χ3v) is 4.29. The van der Waals surface area contributed by atoms with Gasteiger partial charge >= 0.3 is 0 Å². The average Bonchev–Trinajstić information content (AvgIpc) is 3.28. The maximum Gasteiger partial charge on any atom is 0.246 e. The molecular weight excluding hydrogens is 266 g/mol. The van der Waals surface area contributed by atoms with Crippen LogP contribution in [0.3, 0.4) is 0 Å². The van der Waals surface area contributed by atoms with Crippen molar-refractivity contribution in [3.05, 3.63) is 30.1 Å². The molecule has 21 heavy (non-hydrogen) atoms. The molecule has 2 atom stereocenters. The fraction of sp³-hybridized carbons (Fsp3) is 0.562. The lowest BCUT2D eigenvalue weighted by molar-refractivity contribution is -0.152. The van der Waals surface area contributed by atoms with E-state index in [1.54, 1.807) is 17.3 Å². The van der Waals surface area contributed by atoms with E-state index < -0.39 is 6.04 Å². The number of carbonyl (C=O) groups excluding carboxylic acids is 2. The average molecular weight is 287 g/mol. The number of hydrogen-bond acceptors (Lipinski definition) is 3. The first-order chi connectivity index (χ1) is 10.1. The molecule has 1 aromatic rings. The molecule has 1 N–H and O–H groups in total. The van der Waals surface area contributed by atoms with Gasteiger partial charge in [-0.05, 0) is 42.4 Å². The first kappa shape index (κ1) is 14.0. The highest BCUT2D eigenvalue weighted by atomic mass is 16.2. The predicted molar refractivity (Wildman–Crippen MR) is 78.1 cm³/mol. The largest absolute Gasteiger partial charge is 0.342 e. The van der Waals surface area contributed by atoms with Gasteiger partial charge in [-0.3, -0.25) is 14.6 Å². The van der Waals surface area contributed by atoms with Gasteiger partial charge in [-0.2, -0.15) is 0 Å². The van der Waals surface area contributed by atoms with E-state index in [1.807, 2.05) is 26.0 Å². The summed E-state index contributed by atoms with van der Waals surface area (Å²) in [5.41, 5.74) is 1.02. The van der Waals surface area contributed by atoms with Crippen molar-refractivity contribution in [3.8, 4) is 0 Å². The molecule has 2 unspecified atom stereocenters. The summed E-state index contributed by atoms with van der Waals surface area (Å²) in [6.07, 6.45) is 5.50. The van der Waals surface area contributed by atoms with Gasteiger partial charge in [0.15, 0.2) is 0 Å². The number of nitrogens with zero attached hydrogens (tertiary/aromatic N) is 2. The quantitative estimate of drug-likeness (QED) is 0.909. The van der Waals surface area contributed by atoms with Crippen LogP contribution in [0.4, 0.5) is 0 Å². The van der Waals surface area contributed by atoms with Crippen LogP contribution in [0.15, 0.2) is 24.5 Å². The highest BCUT2D eigenvalue weighted by Gasteiger charge is 2.48. The maximum atomic E-state index is 12.8. The number of nitrogens with one attached hydrogen (secondary N) is 1. The summed E-state index contributed by atoms with van der Waals surface area (Å²) in [5, 5.41) is 2.91. The Labute approximate surface area is 124 Å². The molecule has 0 spiro atoms. The van der Waals surface area contributed by atoms with Crippen LogP contribution in [0.5, 0.6) is 0 Å². The van der Waals surface area contributed by atoms with Crippen molar-refractivity contribution in [1.29, 1.82) is 0 Å². The van der Waals surface area contributed by atoms with Crippen molar-refractivity contribution < 1.29 is 9.59 Å². The number of pyridine rings is 1. The van der Waals surface area contributed by atoms with Gasteiger partial charge in [0, 0.05) is 18.9 Å². The zero-order valence-corrected chi connectivity index (χ0v) is 12.5. The number of piperazine rings is 1. The molecule has 2 aliphatic rings. The van der Waals surface area contributed by atoms with Crippen LogP contribution in [0.25, 0.3) is 0 Å². The molecule has 2 fully saturated rings. The summed E-state index contributed by atoms with van der Waals surface area (Å²) in [6, 6.07) is 3.08. The van der Waals surface area contributed by atoms with Gasteiger partial charge in [0.25, 0.3) is 0 Å². The topological polar surface area (TPSA) is 62.3 Å². The second-order valence-electron chi connectivity index (χ2n) is 6.33. The Bertz CT molecular complexity index is 540. The van der Waals surface area contributed by atoms with E-state index in [4.69, 9.17) is 0 Å². The lowest BCUT2D eigenvalue weighted by Gasteiger charge is -2.40. The molecule has 1 saturated carbocycles. The van der Waals surface area contributed by atoms with Crippen molar-refractivity contribution in [2.24, 2.45) is 11.8 Å². The predicted octanol–water partition coefficient (Wildman–Crippen LogP) is 1.34. The Morgan fingerprint density at radius 1 is 1.29 bits per heavy atom. The van der Waals surface area contributed by atoms with Crippen molar-refractivity contribution >= 4 is 11.8 Å². The first-order valence-electron chi connectivity index (χ1n) is 7.57. The second kappa shape index (κ2) is 5.47. The lowest BCUT2D eigenvalue weighted by Crippen LogP contribution is -2.65. The fourth-order valence-electron chi connectivity index (χ4n) is 2.95. The second-order valence-corrected chi connectivity index (χ2v) is 6.33. The normalized spacial score (nSPS) is 26.1. The molecule has 3 rings (SSSR count). The van der Waals surface area contributed by atoms with Crippen LogP contribution >= 0.6 is 0 Å². The summed E-state index contributed by atoms with van der Waals surface area (Å²) in [4.78, 5) is 30.9. The molecule has 2 amide bonds. The van der Waals surface area contributed by atoms with Gasteiger partial charge < -0.3 is 10.2 Å². The Hall–Kier alpha value is -1.91. The molecule has 112 valence electrons. The van der Waals surface area contributed by atoms with E-state index in [1.165, 1.54) is 0 Å². The van der Waals surface area contributed by atoms with Crippen LogP contribution in [0.1, 0.15) is 32.3 Å². The van der Waals surface area contributed by atoms with E-state index in [0.717, 1.165) is 18.4 Å². The van der Waals surface area contributed by atoms with Gasteiger partial charge in [0.05, 0.1) is 0 Å². The highest BCUT2D eigenvalue weighted by molar-refractivity contribution is 5.97. The van der Waals surface area contributed by atoms with Crippen LogP contribution in [0, 0.1) is 11.8 Å². The van der Waals surface area contributed by atoms with E-state index >= 15 is 0 Å². The standard InChI is InChI=1S/C16H21N3O2/c1-10(2)13-16(21)19(9-11-5-7-17-8-6-11)14(12-3-4-12)15(20)18-13/h5-8,10,12-14H,3-4,9H2,1-2H3,(H,18,20). The summed E-state index contributed by atoms with van der Waals surface area (Å²) >= 11 is 0. The van der Waals surface area contributed by atoms with Crippen LogP contribution in [-0.2, 0) is 16.1 Å². The maximum absolute atomic E-state index is 12.8. The minimum absolute atomic E-state index is 0.00450. The number of carbonyl (C=O) groups is 2. The molecule has 1 saturated heterocycles. The Morgan fingerprint density at radius 3 is 2.52 bits per heavy atom. The molecule has 1 aliphatic heterocycles. The summed E-state index contributed by atoms with van der Waals surface area (Å²) < 4.78 is 0. The third kappa shape index (κ3) is 2.77. The minimum Gasteiger partial charge on any atom is -0.342 e. The van der Waals surface area contributed by atoms with E-state index in [0.29, 0.717) is 12.5 Å². The Balaban J connectivity index is 1.87. The summed E-state index contributed by atoms with van der Waals surface area (Å²) in [5.74, 6) is 0.466. The van der Waals surface area contributed by atoms with Gasteiger partial charge in [-0.25, -0.2) is 0 Å². The number of aromatic nitrogens is 1. The van der Waals surface area contributed by atoms with Gasteiger partial charge in [-0.15, -0.1) is 0 Å². The molecule has 2 heterocycles. The molecule has 1 aromatic heterocycles. The third-order valence-electron chi connectivity index (χ3n) is 4.29. The lowest BCUT2D eigenvalue weighted by atomic mass is 9.95. The number of hydrogen-bond donors (Lipinski definition) is 1. The highest BCUT2D eigenvalue weighted by Crippen LogP contribution is 2.38. The zero-order valence-electron chi connectivity index (χ0n) is 12.5. The van der Waals surface area contributed by atoms with Crippen LogP contribution < -0.4 is 5.32 Å². The van der Waals surface area contributed by atoms with Crippen molar-refractivity contribution in [3.63, 3.8) is 0 Å². The zero-order chi connectivity index (χ0) is 15.0. The van der Waals surface area contributed by atoms with E-state index in [9.17, 15) is 9.59 Å². The summed E-state index contributed by atoms with van der Waals surface area (Å²) in [6.45, 7) is 4.41. The van der Waals surface area contributed by atoms with Crippen LogP contribution in [-0.4, -0.2) is 33.8 Å². The fourth-order valence-corrected chi connectivity index (χ4v) is 2.95. The molecule has 1 aliphatic carbocycles. The van der Waals surface area contributed by atoms with Gasteiger partial charge in [0.1, 0.15) is 12.1 Å². The smallest absolute Gasteiger partial charge is 0.246 e. The number of amides is 2. The van der Waals surface area contributed by atoms with Gasteiger partial charge in [0.2, 0.25) is 11.8 Å². The molecule has 5 heteroatoms. The number of rotatable bonds is 4. The first-order valence-corrected chi connectivity index (χ1v) is 7.57. The summed E-state index contributed by atoms with van der Waals surface area (Å²) in [7, 11) is 0. The molecular formula is C16H21N3O2. The molecule has 0 bridgehead atoms. The molecule has 0 radical (unpaired) electrons. The molecule has 0 aromatic carbocycles. The van der Waals surface area contributed by atoms with Gasteiger partial charge in [-0.1, -0.05) is 13.8 Å². The molecule has 5 nitrogen and oxygen atoms in total. The van der Waals surface area contributed by atoms with Crippen molar-refractivity contribution in [2.45, 2.75) is 45.3 Å². The minimum atomic E-state index is -0.408. The van der Waals surface area contributed by atoms with Crippen molar-refractivity contribution in [1.82, 2.24) is 15.2 Å². The Morgan fingerprint density at radius 2 is 1.95 bits per heavy atom. The van der Waals surface area contributed by atoms with Crippen LogP contribution in [0.2, 0.25) is 0 Å².